The Hall–Kier alpha value is -3.48. The average molecular weight is 440 g/mol. The molecule has 4 nitrogen and oxygen atoms in total. The highest BCUT2D eigenvalue weighted by Gasteiger charge is 2.31. The Morgan fingerprint density at radius 3 is 2.10 bits per heavy atom. The molecule has 4 aromatic carbocycles. The second kappa shape index (κ2) is 7.04. The second-order valence-electron chi connectivity index (χ2n) is 7.50. The number of hydrogen-bond donors (Lipinski definition) is 2. The van der Waals surface area contributed by atoms with E-state index in [9.17, 15) is 4.79 Å². The minimum Gasteiger partial charge on any atom is -0.346 e. The SMILES string of the molecule is O=C1N[C@@H](c2c3ccccc3cc3ccccc23)Nc2c1sc(=S)n2-c1ccccc1. The van der Waals surface area contributed by atoms with E-state index in [-0.39, 0.29) is 12.1 Å². The molecule has 1 atom stereocenters. The Labute approximate surface area is 187 Å². The lowest BCUT2D eigenvalue weighted by Gasteiger charge is -2.29. The molecular formula is C25H17N3OS2. The van der Waals surface area contributed by atoms with Crippen LogP contribution in [0.2, 0.25) is 0 Å². The molecule has 0 saturated heterocycles. The van der Waals surface area contributed by atoms with Gasteiger partial charge in [0.05, 0.1) is 0 Å². The minimum absolute atomic E-state index is 0.110. The topological polar surface area (TPSA) is 46.1 Å². The van der Waals surface area contributed by atoms with E-state index in [0.29, 0.717) is 8.83 Å². The molecule has 0 fully saturated rings. The van der Waals surface area contributed by atoms with Crippen LogP contribution < -0.4 is 10.6 Å². The Balaban J connectivity index is 1.59. The van der Waals surface area contributed by atoms with Crippen LogP contribution in [0.1, 0.15) is 21.4 Å². The summed E-state index contributed by atoms with van der Waals surface area (Å²) in [6.45, 7) is 0. The average Bonchev–Trinajstić information content (AvgIpc) is 3.14. The summed E-state index contributed by atoms with van der Waals surface area (Å²) in [6, 6.07) is 28.7. The van der Waals surface area contributed by atoms with Crippen LogP contribution in [-0.4, -0.2) is 10.5 Å². The van der Waals surface area contributed by atoms with Gasteiger partial charge in [-0.15, -0.1) is 0 Å². The molecule has 0 spiro atoms. The molecule has 0 bridgehead atoms. The summed E-state index contributed by atoms with van der Waals surface area (Å²) >= 11 is 6.95. The fourth-order valence-electron chi connectivity index (χ4n) is 4.34. The van der Waals surface area contributed by atoms with Crippen LogP contribution in [0.5, 0.6) is 0 Å². The maximum atomic E-state index is 13.1. The van der Waals surface area contributed by atoms with Crippen molar-refractivity contribution < 1.29 is 4.79 Å². The first-order valence-electron chi connectivity index (χ1n) is 10.00. The van der Waals surface area contributed by atoms with Crippen molar-refractivity contribution in [2.75, 3.05) is 5.32 Å². The van der Waals surface area contributed by atoms with Gasteiger partial charge in [0.25, 0.3) is 5.91 Å². The summed E-state index contributed by atoms with van der Waals surface area (Å²) in [5.41, 5.74) is 2.00. The maximum Gasteiger partial charge on any atom is 0.267 e. The highest BCUT2D eigenvalue weighted by molar-refractivity contribution is 7.73. The summed E-state index contributed by atoms with van der Waals surface area (Å²) in [5, 5.41) is 11.3. The Morgan fingerprint density at radius 2 is 1.42 bits per heavy atom. The van der Waals surface area contributed by atoms with Crippen molar-refractivity contribution in [3.63, 3.8) is 0 Å². The van der Waals surface area contributed by atoms with Crippen LogP contribution in [-0.2, 0) is 0 Å². The zero-order valence-electron chi connectivity index (χ0n) is 16.3. The lowest BCUT2D eigenvalue weighted by molar-refractivity contribution is 0.0940. The number of aromatic nitrogens is 1. The van der Waals surface area contributed by atoms with E-state index in [1.807, 2.05) is 59.2 Å². The summed E-state index contributed by atoms with van der Waals surface area (Å²) in [4.78, 5) is 13.7. The molecule has 150 valence electrons. The van der Waals surface area contributed by atoms with Crippen molar-refractivity contribution >= 4 is 56.8 Å². The zero-order valence-corrected chi connectivity index (χ0v) is 18.0. The number of para-hydroxylation sites is 1. The van der Waals surface area contributed by atoms with Gasteiger partial charge in [0.1, 0.15) is 16.9 Å². The van der Waals surface area contributed by atoms with Crippen molar-refractivity contribution in [3.05, 3.63) is 99.3 Å². The number of fused-ring (bicyclic) bond motifs is 3. The Kier molecular flexibility index (Phi) is 4.16. The van der Waals surface area contributed by atoms with Crippen LogP contribution >= 0.6 is 23.6 Å². The number of rotatable bonds is 2. The molecule has 1 aliphatic heterocycles. The number of carbonyl (C=O) groups excluding carboxylic acids is 1. The molecule has 0 aliphatic carbocycles. The molecule has 0 saturated carbocycles. The first-order valence-corrected chi connectivity index (χ1v) is 11.2. The molecule has 0 radical (unpaired) electrons. The molecule has 2 heterocycles. The smallest absolute Gasteiger partial charge is 0.267 e. The predicted octanol–water partition coefficient (Wildman–Crippen LogP) is 6.43. The van der Waals surface area contributed by atoms with E-state index < -0.39 is 0 Å². The largest absolute Gasteiger partial charge is 0.346 e. The lowest BCUT2D eigenvalue weighted by atomic mass is 9.94. The highest BCUT2D eigenvalue weighted by Crippen LogP contribution is 2.38. The quantitative estimate of drug-likeness (QED) is 0.246. The van der Waals surface area contributed by atoms with Gasteiger partial charge in [-0.25, -0.2) is 0 Å². The van der Waals surface area contributed by atoms with E-state index in [4.69, 9.17) is 12.2 Å². The van der Waals surface area contributed by atoms with Gasteiger partial charge in [-0.05, 0) is 52.0 Å². The number of carbonyl (C=O) groups is 1. The van der Waals surface area contributed by atoms with Crippen LogP contribution in [0.25, 0.3) is 27.2 Å². The fourth-order valence-corrected chi connectivity index (χ4v) is 5.65. The number of nitrogens with zero attached hydrogens (tertiary/aromatic N) is 1. The Morgan fingerprint density at radius 1 is 0.806 bits per heavy atom. The molecular weight excluding hydrogens is 422 g/mol. The first kappa shape index (κ1) is 18.3. The van der Waals surface area contributed by atoms with Crippen LogP contribution in [0.4, 0.5) is 5.82 Å². The number of nitrogens with one attached hydrogen (secondary N) is 2. The summed E-state index contributed by atoms with van der Waals surface area (Å²) in [5.74, 6) is 0.633. The predicted molar refractivity (Wildman–Crippen MR) is 130 cm³/mol. The number of thiazole rings is 1. The Bertz CT molecular complexity index is 1480. The van der Waals surface area contributed by atoms with E-state index in [1.165, 1.54) is 11.3 Å². The van der Waals surface area contributed by atoms with E-state index in [2.05, 4.69) is 41.0 Å². The molecule has 6 rings (SSSR count). The molecule has 1 amide bonds. The van der Waals surface area contributed by atoms with Crippen molar-refractivity contribution in [2.45, 2.75) is 6.17 Å². The van der Waals surface area contributed by atoms with Crippen molar-refractivity contribution in [1.82, 2.24) is 9.88 Å². The fraction of sp³-hybridized carbons (Fsp3) is 0.0400. The standard InChI is InChI=1S/C25H17N3OS2/c29-24-21-23(28(25(30)31-21)17-10-2-1-3-11-17)26-22(27-24)20-18-12-6-4-8-15(18)14-16-9-5-7-13-19(16)20/h1-14,22,26H,(H,27,29)/t22-/m0/s1. The number of benzene rings is 4. The molecule has 31 heavy (non-hydrogen) atoms. The van der Waals surface area contributed by atoms with E-state index >= 15 is 0 Å². The van der Waals surface area contributed by atoms with Gasteiger partial charge in [0, 0.05) is 11.3 Å². The van der Waals surface area contributed by atoms with Crippen molar-refractivity contribution in [1.29, 1.82) is 0 Å². The molecule has 1 aliphatic rings. The summed E-state index contributed by atoms with van der Waals surface area (Å²) < 4.78 is 2.59. The van der Waals surface area contributed by atoms with Gasteiger partial charge in [-0.2, -0.15) is 0 Å². The van der Waals surface area contributed by atoms with Crippen LogP contribution in [0.15, 0.2) is 84.9 Å². The van der Waals surface area contributed by atoms with Gasteiger partial charge in [0.2, 0.25) is 0 Å². The summed E-state index contributed by atoms with van der Waals surface area (Å²) in [6.07, 6.45) is -0.380. The van der Waals surface area contributed by atoms with Gasteiger partial charge in [-0.1, -0.05) is 78.1 Å². The molecule has 0 unspecified atom stereocenters. The third-order valence-corrected chi connectivity index (χ3v) is 7.06. The third kappa shape index (κ3) is 2.87. The van der Waals surface area contributed by atoms with Crippen LogP contribution in [0.3, 0.4) is 0 Å². The molecule has 2 N–H and O–H groups in total. The van der Waals surface area contributed by atoms with E-state index in [1.54, 1.807) is 0 Å². The lowest BCUT2D eigenvalue weighted by Crippen LogP contribution is -2.38. The van der Waals surface area contributed by atoms with Gasteiger partial charge in [0.15, 0.2) is 3.95 Å². The van der Waals surface area contributed by atoms with Gasteiger partial charge in [-0.3, -0.25) is 9.36 Å². The zero-order chi connectivity index (χ0) is 20.9. The third-order valence-electron chi connectivity index (χ3n) is 5.69. The van der Waals surface area contributed by atoms with Crippen molar-refractivity contribution in [2.24, 2.45) is 0 Å². The molecule has 5 aromatic rings. The van der Waals surface area contributed by atoms with E-state index in [0.717, 1.165) is 38.6 Å². The van der Waals surface area contributed by atoms with Gasteiger partial charge >= 0.3 is 0 Å². The number of amides is 1. The summed E-state index contributed by atoms with van der Waals surface area (Å²) in [7, 11) is 0. The minimum atomic E-state index is -0.380. The maximum absolute atomic E-state index is 13.1. The van der Waals surface area contributed by atoms with Crippen LogP contribution in [0, 0.1) is 3.95 Å². The monoisotopic (exact) mass is 439 g/mol. The first-order chi connectivity index (χ1) is 15.2. The normalized spacial score (nSPS) is 15.5. The molecule has 6 heteroatoms. The van der Waals surface area contributed by atoms with Crippen molar-refractivity contribution in [3.8, 4) is 5.69 Å². The number of hydrogen-bond acceptors (Lipinski definition) is 4. The second-order valence-corrected chi connectivity index (χ2v) is 9.14. The van der Waals surface area contributed by atoms with Gasteiger partial charge < -0.3 is 10.6 Å². The number of anilines is 1. The molecule has 1 aromatic heterocycles. The highest BCUT2D eigenvalue weighted by atomic mass is 32.1.